The molecule has 4 heterocycles. The van der Waals surface area contributed by atoms with Crippen molar-refractivity contribution in [3.05, 3.63) is 22.1 Å². The summed E-state index contributed by atoms with van der Waals surface area (Å²) in [6.45, 7) is 1.91. The van der Waals surface area contributed by atoms with Gasteiger partial charge in [-0.2, -0.15) is 4.98 Å². The summed E-state index contributed by atoms with van der Waals surface area (Å²) in [7, 11) is 1.59. The van der Waals surface area contributed by atoms with Crippen LogP contribution in [0.5, 0.6) is 5.88 Å². The van der Waals surface area contributed by atoms with Crippen LogP contribution in [0.15, 0.2) is 15.1 Å². The van der Waals surface area contributed by atoms with Crippen LogP contribution in [0.4, 0.5) is 0 Å². The third kappa shape index (κ3) is 2.23. The maximum absolute atomic E-state index is 5.86. The molecule has 0 aliphatic carbocycles. The van der Waals surface area contributed by atoms with Crippen molar-refractivity contribution < 1.29 is 14.0 Å². The van der Waals surface area contributed by atoms with E-state index in [9.17, 15) is 0 Å². The van der Waals surface area contributed by atoms with Crippen LogP contribution < -0.4 is 4.74 Å². The SMILES string of the molecule is COc1nc(C)c(Br)cc1-c1noc([C@@H]2C[C@H]3CC[C@@H]2O3)n1. The number of fused-ring (bicyclic) bond motifs is 2. The van der Waals surface area contributed by atoms with Crippen LogP contribution in [0, 0.1) is 6.92 Å². The number of aromatic nitrogens is 3. The Morgan fingerprint density at radius 2 is 2.18 bits per heavy atom. The zero-order valence-electron chi connectivity index (χ0n) is 12.4. The van der Waals surface area contributed by atoms with Crippen LogP contribution >= 0.6 is 15.9 Å². The average molecular weight is 366 g/mol. The van der Waals surface area contributed by atoms with Crippen LogP contribution in [0.1, 0.15) is 36.8 Å². The molecule has 22 heavy (non-hydrogen) atoms. The molecule has 2 aliphatic heterocycles. The number of aryl methyl sites for hydroxylation is 1. The van der Waals surface area contributed by atoms with Crippen molar-refractivity contribution in [2.24, 2.45) is 0 Å². The van der Waals surface area contributed by atoms with Gasteiger partial charge in [0.1, 0.15) is 0 Å². The first kappa shape index (κ1) is 14.1. The van der Waals surface area contributed by atoms with E-state index in [4.69, 9.17) is 14.0 Å². The van der Waals surface area contributed by atoms with Crippen LogP contribution in [0.2, 0.25) is 0 Å². The zero-order valence-corrected chi connectivity index (χ0v) is 14.0. The van der Waals surface area contributed by atoms with Crippen LogP contribution in [-0.2, 0) is 4.74 Å². The molecular formula is C15H16BrN3O3. The van der Waals surface area contributed by atoms with E-state index >= 15 is 0 Å². The first-order valence-electron chi connectivity index (χ1n) is 7.36. The molecule has 4 rings (SSSR count). The fourth-order valence-corrected chi connectivity index (χ4v) is 3.59. The second kappa shape index (κ2) is 5.31. The lowest BCUT2D eigenvalue weighted by Gasteiger charge is -2.13. The maximum Gasteiger partial charge on any atom is 0.232 e. The summed E-state index contributed by atoms with van der Waals surface area (Å²) >= 11 is 3.48. The second-order valence-corrected chi connectivity index (χ2v) is 6.64. The van der Waals surface area contributed by atoms with Crippen molar-refractivity contribution in [2.75, 3.05) is 7.11 Å². The van der Waals surface area contributed by atoms with E-state index in [-0.39, 0.29) is 12.0 Å². The van der Waals surface area contributed by atoms with E-state index < -0.39 is 0 Å². The van der Waals surface area contributed by atoms with E-state index in [1.54, 1.807) is 7.11 Å². The summed E-state index contributed by atoms with van der Waals surface area (Å²) in [5.74, 6) is 1.87. The standard InChI is InChI=1S/C15H16BrN3O3/c1-7-11(16)6-10(14(17-7)20-2)13-18-15(22-19-13)9-5-8-3-4-12(9)21-8/h6,8-9,12H,3-5H2,1-2H3/t8-,9-,12+/m1/s1. The highest BCUT2D eigenvalue weighted by Gasteiger charge is 2.44. The van der Waals surface area contributed by atoms with Crippen LogP contribution in [-0.4, -0.2) is 34.4 Å². The number of methoxy groups -OCH3 is 1. The lowest BCUT2D eigenvalue weighted by molar-refractivity contribution is 0.0974. The Kier molecular flexibility index (Phi) is 3.41. The summed E-state index contributed by atoms with van der Waals surface area (Å²) in [6, 6.07) is 1.91. The monoisotopic (exact) mass is 365 g/mol. The van der Waals surface area contributed by atoms with Crippen LogP contribution in [0.3, 0.4) is 0 Å². The number of rotatable bonds is 3. The molecule has 3 atom stereocenters. The van der Waals surface area contributed by atoms with Gasteiger partial charge in [0.15, 0.2) is 0 Å². The molecule has 0 radical (unpaired) electrons. The lowest BCUT2D eigenvalue weighted by atomic mass is 9.89. The summed E-state index contributed by atoms with van der Waals surface area (Å²) < 4.78 is 17.6. The van der Waals surface area contributed by atoms with E-state index in [0.29, 0.717) is 23.7 Å². The number of halogens is 1. The number of nitrogens with zero attached hydrogens (tertiary/aromatic N) is 3. The number of hydrogen-bond donors (Lipinski definition) is 0. The first-order valence-corrected chi connectivity index (χ1v) is 8.15. The molecular weight excluding hydrogens is 350 g/mol. The Morgan fingerprint density at radius 1 is 1.32 bits per heavy atom. The molecule has 2 aromatic rings. The van der Waals surface area contributed by atoms with Gasteiger partial charge in [-0.05, 0) is 48.2 Å². The summed E-state index contributed by atoms with van der Waals surface area (Å²) in [4.78, 5) is 8.96. The Bertz CT molecular complexity index is 718. The molecule has 2 aliphatic rings. The third-order valence-electron chi connectivity index (χ3n) is 4.42. The molecule has 116 valence electrons. The Labute approximate surface area is 136 Å². The van der Waals surface area contributed by atoms with Gasteiger partial charge in [0, 0.05) is 4.47 Å². The molecule has 7 heteroatoms. The van der Waals surface area contributed by atoms with Gasteiger partial charge in [0.05, 0.1) is 36.5 Å². The van der Waals surface area contributed by atoms with Gasteiger partial charge in [-0.3, -0.25) is 0 Å². The predicted molar refractivity (Wildman–Crippen MR) is 81.8 cm³/mol. The lowest BCUT2D eigenvalue weighted by Crippen LogP contribution is -2.14. The minimum Gasteiger partial charge on any atom is -0.480 e. The average Bonchev–Trinajstić information content (AvgIpc) is 3.24. The maximum atomic E-state index is 5.86. The van der Waals surface area contributed by atoms with Gasteiger partial charge in [-0.1, -0.05) is 5.16 Å². The van der Waals surface area contributed by atoms with Gasteiger partial charge < -0.3 is 14.0 Å². The Balaban J connectivity index is 1.68. The van der Waals surface area contributed by atoms with Crippen molar-refractivity contribution in [1.82, 2.24) is 15.1 Å². The summed E-state index contributed by atoms with van der Waals surface area (Å²) in [6.07, 6.45) is 3.77. The van der Waals surface area contributed by atoms with Gasteiger partial charge in [0.2, 0.25) is 17.6 Å². The van der Waals surface area contributed by atoms with Gasteiger partial charge >= 0.3 is 0 Å². The topological polar surface area (TPSA) is 70.3 Å². The largest absolute Gasteiger partial charge is 0.480 e. The molecule has 0 N–H and O–H groups in total. The highest BCUT2D eigenvalue weighted by molar-refractivity contribution is 9.10. The number of pyridine rings is 1. The van der Waals surface area contributed by atoms with Crippen molar-refractivity contribution in [1.29, 1.82) is 0 Å². The van der Waals surface area contributed by atoms with Crippen molar-refractivity contribution >= 4 is 15.9 Å². The Hall–Kier alpha value is -1.47. The highest BCUT2D eigenvalue weighted by atomic mass is 79.9. The van der Waals surface area contributed by atoms with Crippen molar-refractivity contribution in [3.63, 3.8) is 0 Å². The summed E-state index contributed by atoms with van der Waals surface area (Å²) in [5, 5.41) is 4.11. The molecule has 0 amide bonds. The van der Waals surface area contributed by atoms with E-state index in [1.807, 2.05) is 13.0 Å². The zero-order chi connectivity index (χ0) is 15.3. The fourth-order valence-electron chi connectivity index (χ4n) is 3.27. The van der Waals surface area contributed by atoms with E-state index in [2.05, 4.69) is 31.1 Å². The molecule has 6 nitrogen and oxygen atoms in total. The quantitative estimate of drug-likeness (QED) is 0.831. The minimum atomic E-state index is 0.216. The second-order valence-electron chi connectivity index (χ2n) is 5.78. The molecule has 0 unspecified atom stereocenters. The smallest absolute Gasteiger partial charge is 0.232 e. The molecule has 2 saturated heterocycles. The molecule has 2 fully saturated rings. The van der Waals surface area contributed by atoms with E-state index in [0.717, 1.165) is 35.0 Å². The van der Waals surface area contributed by atoms with E-state index in [1.165, 1.54) is 0 Å². The van der Waals surface area contributed by atoms with Gasteiger partial charge in [-0.15, -0.1) is 0 Å². The number of ether oxygens (including phenoxy) is 2. The highest BCUT2D eigenvalue weighted by Crippen LogP contribution is 2.44. The Morgan fingerprint density at radius 3 is 2.86 bits per heavy atom. The summed E-state index contributed by atoms with van der Waals surface area (Å²) in [5.41, 5.74) is 1.57. The van der Waals surface area contributed by atoms with Crippen molar-refractivity contribution in [2.45, 2.75) is 44.3 Å². The molecule has 0 spiro atoms. The fraction of sp³-hybridized carbons (Fsp3) is 0.533. The van der Waals surface area contributed by atoms with Gasteiger partial charge in [-0.25, -0.2) is 4.98 Å². The van der Waals surface area contributed by atoms with Crippen molar-refractivity contribution in [3.8, 4) is 17.3 Å². The van der Waals surface area contributed by atoms with Crippen LogP contribution in [0.25, 0.3) is 11.4 Å². The first-order chi connectivity index (χ1) is 10.7. The molecule has 2 aromatic heterocycles. The van der Waals surface area contributed by atoms with Gasteiger partial charge in [0.25, 0.3) is 0 Å². The molecule has 0 aromatic carbocycles. The normalized spacial score (nSPS) is 26.6. The third-order valence-corrected chi connectivity index (χ3v) is 5.22. The number of hydrogen-bond acceptors (Lipinski definition) is 6. The predicted octanol–water partition coefficient (Wildman–Crippen LogP) is 3.25. The minimum absolute atomic E-state index is 0.216. The molecule has 2 bridgehead atoms. The molecule has 0 saturated carbocycles.